The number of carbonyl (C=O) groups excluding carboxylic acids is 2. The van der Waals surface area contributed by atoms with Gasteiger partial charge < -0.3 is 20.7 Å². The molecule has 1 saturated carbocycles. The van der Waals surface area contributed by atoms with Crippen molar-refractivity contribution in [1.82, 2.24) is 4.90 Å². The van der Waals surface area contributed by atoms with Gasteiger partial charge in [0.2, 0.25) is 5.91 Å². The molecule has 1 aliphatic carbocycles. The molecule has 0 saturated heterocycles. The molecule has 1 aromatic rings. The number of rotatable bonds is 5. The van der Waals surface area contributed by atoms with Gasteiger partial charge in [0.05, 0.1) is 0 Å². The van der Waals surface area contributed by atoms with Crippen LogP contribution in [0.4, 0.5) is 5.69 Å². The largest absolute Gasteiger partial charge is 0.484 e. The highest BCUT2D eigenvalue weighted by Crippen LogP contribution is 2.25. The fourth-order valence-electron chi connectivity index (χ4n) is 2.41. The maximum atomic E-state index is 12.1. The molecule has 7 heteroatoms. The van der Waals surface area contributed by atoms with Crippen molar-refractivity contribution in [1.29, 1.82) is 0 Å². The minimum atomic E-state index is -0.102. The summed E-state index contributed by atoms with van der Waals surface area (Å²) < 4.78 is 5.38. The third kappa shape index (κ3) is 5.73. The van der Waals surface area contributed by atoms with Crippen LogP contribution in [0.15, 0.2) is 24.3 Å². The Morgan fingerprint density at radius 3 is 2.43 bits per heavy atom. The number of nitrogens with zero attached hydrogens (tertiary/aromatic N) is 1. The fraction of sp³-hybridized carbons (Fsp3) is 0.500. The van der Waals surface area contributed by atoms with Gasteiger partial charge in [-0.25, -0.2) is 0 Å². The third-order valence-electron chi connectivity index (χ3n) is 3.83. The molecule has 2 rings (SSSR count). The number of benzene rings is 1. The Labute approximate surface area is 142 Å². The van der Waals surface area contributed by atoms with Gasteiger partial charge in [-0.05, 0) is 43.5 Å². The van der Waals surface area contributed by atoms with Crippen LogP contribution in [-0.4, -0.2) is 43.5 Å². The number of halogens is 1. The summed E-state index contributed by atoms with van der Waals surface area (Å²) in [5, 5.41) is 2.89. The number of nitrogens with two attached hydrogens (primary N) is 1. The van der Waals surface area contributed by atoms with Crippen molar-refractivity contribution in [3.63, 3.8) is 0 Å². The highest BCUT2D eigenvalue weighted by atomic mass is 35.5. The highest BCUT2D eigenvalue weighted by Gasteiger charge is 2.27. The molecule has 3 N–H and O–H groups in total. The van der Waals surface area contributed by atoms with Crippen LogP contribution in [0.2, 0.25) is 0 Å². The SMILES string of the molecule is CN(C)C(=O)COc1ccc(NC(=O)C2CCC(N)C2)cc1.Cl. The molecule has 0 bridgehead atoms. The van der Waals surface area contributed by atoms with E-state index in [9.17, 15) is 9.59 Å². The quantitative estimate of drug-likeness (QED) is 0.852. The van der Waals surface area contributed by atoms with Gasteiger partial charge in [0.25, 0.3) is 5.91 Å². The van der Waals surface area contributed by atoms with E-state index in [1.807, 2.05) is 0 Å². The van der Waals surface area contributed by atoms with E-state index in [-0.39, 0.29) is 42.8 Å². The number of ether oxygens (including phenoxy) is 1. The molecular weight excluding hydrogens is 318 g/mol. The minimum Gasteiger partial charge on any atom is -0.484 e. The maximum Gasteiger partial charge on any atom is 0.259 e. The van der Waals surface area contributed by atoms with Gasteiger partial charge in [-0.15, -0.1) is 12.4 Å². The second kappa shape index (κ2) is 8.74. The number of nitrogens with one attached hydrogen (secondary N) is 1. The van der Waals surface area contributed by atoms with Crippen LogP contribution in [0.25, 0.3) is 0 Å². The minimum absolute atomic E-state index is 0. The van der Waals surface area contributed by atoms with Gasteiger partial charge in [-0.1, -0.05) is 0 Å². The second-order valence-corrected chi connectivity index (χ2v) is 5.86. The van der Waals surface area contributed by atoms with Crippen LogP contribution in [0.1, 0.15) is 19.3 Å². The van der Waals surface area contributed by atoms with E-state index in [2.05, 4.69) is 5.32 Å². The van der Waals surface area contributed by atoms with Gasteiger partial charge in [0, 0.05) is 31.7 Å². The van der Waals surface area contributed by atoms with Crippen molar-refractivity contribution < 1.29 is 14.3 Å². The molecule has 1 aromatic carbocycles. The zero-order valence-electron chi connectivity index (χ0n) is 13.5. The standard InChI is InChI=1S/C16H23N3O3.ClH/c1-19(2)15(20)10-22-14-7-5-13(6-8-14)18-16(21)11-3-4-12(17)9-11;/h5-8,11-12H,3-4,9-10,17H2,1-2H3,(H,18,21);1H. The summed E-state index contributed by atoms with van der Waals surface area (Å²) >= 11 is 0. The Hall–Kier alpha value is -1.79. The highest BCUT2D eigenvalue weighted by molar-refractivity contribution is 5.92. The van der Waals surface area contributed by atoms with Crippen LogP contribution in [0, 0.1) is 5.92 Å². The molecule has 0 aliphatic heterocycles. The molecule has 1 fully saturated rings. The average molecular weight is 342 g/mol. The Morgan fingerprint density at radius 1 is 1.26 bits per heavy atom. The van der Waals surface area contributed by atoms with Crippen molar-refractivity contribution in [3.05, 3.63) is 24.3 Å². The van der Waals surface area contributed by atoms with Crippen LogP contribution < -0.4 is 15.8 Å². The number of amides is 2. The third-order valence-corrected chi connectivity index (χ3v) is 3.83. The molecule has 2 amide bonds. The lowest BCUT2D eigenvalue weighted by Crippen LogP contribution is -2.27. The number of hydrogen-bond acceptors (Lipinski definition) is 4. The summed E-state index contributed by atoms with van der Waals surface area (Å²) in [4.78, 5) is 25.0. The molecule has 0 aromatic heterocycles. The molecule has 1 aliphatic rings. The lowest BCUT2D eigenvalue weighted by atomic mass is 10.1. The zero-order chi connectivity index (χ0) is 16.1. The normalized spacial score (nSPS) is 19.6. The summed E-state index contributed by atoms with van der Waals surface area (Å²) in [6, 6.07) is 7.14. The van der Waals surface area contributed by atoms with Gasteiger partial charge in [-0.3, -0.25) is 9.59 Å². The maximum absolute atomic E-state index is 12.1. The smallest absolute Gasteiger partial charge is 0.259 e. The Balaban J connectivity index is 0.00000264. The lowest BCUT2D eigenvalue weighted by molar-refractivity contribution is -0.130. The van der Waals surface area contributed by atoms with Crippen LogP contribution in [0.5, 0.6) is 5.75 Å². The zero-order valence-corrected chi connectivity index (χ0v) is 14.3. The van der Waals surface area contributed by atoms with Crippen molar-refractivity contribution in [2.24, 2.45) is 11.7 Å². The van der Waals surface area contributed by atoms with Crippen LogP contribution in [-0.2, 0) is 9.59 Å². The molecule has 2 unspecified atom stereocenters. The average Bonchev–Trinajstić information content (AvgIpc) is 2.92. The van der Waals surface area contributed by atoms with Crippen LogP contribution >= 0.6 is 12.4 Å². The first kappa shape index (κ1) is 19.3. The molecule has 2 atom stereocenters. The Morgan fingerprint density at radius 2 is 1.91 bits per heavy atom. The first-order chi connectivity index (χ1) is 10.5. The first-order valence-electron chi connectivity index (χ1n) is 7.45. The summed E-state index contributed by atoms with van der Waals surface area (Å²) in [6.45, 7) is -0.00132. The predicted molar refractivity (Wildman–Crippen MR) is 91.8 cm³/mol. The second-order valence-electron chi connectivity index (χ2n) is 5.86. The molecule has 6 nitrogen and oxygen atoms in total. The molecule has 128 valence electrons. The monoisotopic (exact) mass is 341 g/mol. The van der Waals surface area contributed by atoms with E-state index in [1.165, 1.54) is 4.90 Å². The van der Waals surface area contributed by atoms with Gasteiger partial charge in [-0.2, -0.15) is 0 Å². The predicted octanol–water partition coefficient (Wildman–Crippen LogP) is 1.64. The summed E-state index contributed by atoms with van der Waals surface area (Å²) in [5.74, 6) is 0.513. The summed E-state index contributed by atoms with van der Waals surface area (Å²) in [7, 11) is 3.36. The van der Waals surface area contributed by atoms with Crippen molar-refractivity contribution in [2.45, 2.75) is 25.3 Å². The number of hydrogen-bond donors (Lipinski definition) is 2. The molecule has 23 heavy (non-hydrogen) atoms. The molecular formula is C16H24ClN3O3. The number of likely N-dealkylation sites (N-methyl/N-ethyl adjacent to an activating group) is 1. The number of anilines is 1. The van der Waals surface area contributed by atoms with E-state index in [0.29, 0.717) is 5.75 Å². The first-order valence-corrected chi connectivity index (χ1v) is 7.45. The van der Waals surface area contributed by atoms with Crippen molar-refractivity contribution >= 4 is 29.9 Å². The fourth-order valence-corrected chi connectivity index (χ4v) is 2.41. The summed E-state index contributed by atoms with van der Waals surface area (Å²) in [6.07, 6.45) is 2.51. The lowest BCUT2D eigenvalue weighted by Gasteiger charge is -2.13. The van der Waals surface area contributed by atoms with Gasteiger partial charge in [0.15, 0.2) is 6.61 Å². The van der Waals surface area contributed by atoms with Crippen molar-refractivity contribution in [2.75, 3.05) is 26.0 Å². The molecule has 0 radical (unpaired) electrons. The molecule has 0 spiro atoms. The van der Waals surface area contributed by atoms with E-state index < -0.39 is 0 Å². The van der Waals surface area contributed by atoms with Gasteiger partial charge in [0.1, 0.15) is 5.75 Å². The Kier molecular flexibility index (Phi) is 7.32. The molecule has 0 heterocycles. The van der Waals surface area contributed by atoms with E-state index >= 15 is 0 Å². The van der Waals surface area contributed by atoms with E-state index in [4.69, 9.17) is 10.5 Å². The van der Waals surface area contributed by atoms with Crippen molar-refractivity contribution in [3.8, 4) is 5.75 Å². The Bertz CT molecular complexity index is 534. The van der Waals surface area contributed by atoms with Crippen LogP contribution in [0.3, 0.4) is 0 Å². The van der Waals surface area contributed by atoms with Gasteiger partial charge >= 0.3 is 0 Å². The number of carbonyl (C=O) groups is 2. The summed E-state index contributed by atoms with van der Waals surface area (Å²) in [5.41, 5.74) is 6.55. The van der Waals surface area contributed by atoms with E-state index in [1.54, 1.807) is 38.4 Å². The topological polar surface area (TPSA) is 84.7 Å². The van der Waals surface area contributed by atoms with E-state index in [0.717, 1.165) is 24.9 Å².